The third-order valence-corrected chi connectivity index (χ3v) is 0.667. The Balaban J connectivity index is 0.000000180. The van der Waals surface area contributed by atoms with Crippen molar-refractivity contribution in [3.8, 4) is 0 Å². The molecule has 0 aliphatic rings. The maximum absolute atomic E-state index is 8.67. The van der Waals surface area contributed by atoms with Crippen molar-refractivity contribution in [1.29, 1.82) is 4.78 Å². The summed E-state index contributed by atoms with van der Waals surface area (Å²) < 4.78 is 22.8. The van der Waals surface area contributed by atoms with Crippen molar-refractivity contribution in [2.24, 2.45) is 0 Å². The van der Waals surface area contributed by atoms with Gasteiger partial charge in [-0.25, -0.2) is 0 Å². The summed E-state index contributed by atoms with van der Waals surface area (Å²) in [6, 6.07) is 12.0. The Morgan fingerprint density at radius 3 is 1.00 bits per heavy atom. The van der Waals surface area contributed by atoms with Crippen molar-refractivity contribution in [2.75, 3.05) is 0 Å². The second kappa shape index (κ2) is 5.97. The Hall–Kier alpha value is -1.16. The number of benzene rings is 1. The molecule has 0 aliphatic carbocycles. The van der Waals surface area contributed by atoms with E-state index in [0.29, 0.717) is 0 Å². The molecule has 0 unspecified atom stereocenters. The van der Waals surface area contributed by atoms with E-state index in [1.807, 2.05) is 36.4 Å². The van der Waals surface area contributed by atoms with Gasteiger partial charge in [-0.2, -0.15) is 13.2 Å². The van der Waals surface area contributed by atoms with Crippen LogP contribution in [-0.4, -0.2) is 8.42 Å². The molecule has 0 amide bonds. The average molecular weight is 157 g/mol. The van der Waals surface area contributed by atoms with E-state index >= 15 is 0 Å². The van der Waals surface area contributed by atoms with E-state index in [4.69, 9.17) is 13.2 Å². The number of nitrogens with one attached hydrogen (secondary N) is 1. The molecule has 0 saturated heterocycles. The van der Waals surface area contributed by atoms with Gasteiger partial charge in [0.25, 0.3) is 0 Å². The van der Waals surface area contributed by atoms with Gasteiger partial charge in [0.05, 0.1) is 0 Å². The summed E-state index contributed by atoms with van der Waals surface area (Å²) in [5, 5.41) is 0. The van der Waals surface area contributed by atoms with Crippen molar-refractivity contribution < 1.29 is 8.42 Å². The molecule has 1 aromatic carbocycles. The van der Waals surface area contributed by atoms with Crippen LogP contribution in [0, 0.1) is 4.78 Å². The molecule has 0 aromatic heterocycles. The van der Waals surface area contributed by atoms with E-state index in [1.54, 1.807) is 0 Å². The first-order valence-electron chi connectivity index (χ1n) is 2.54. The lowest BCUT2D eigenvalue weighted by Gasteiger charge is -1.69. The average Bonchev–Trinajstić information content (AvgIpc) is 1.90. The number of hydrogen-bond donors (Lipinski definition) is 1. The zero-order valence-electron chi connectivity index (χ0n) is 5.19. The summed E-state index contributed by atoms with van der Waals surface area (Å²) in [6.07, 6.45) is 0. The molecule has 0 saturated carbocycles. The molecule has 1 rings (SSSR count). The van der Waals surface area contributed by atoms with E-state index in [0.717, 1.165) is 0 Å². The fraction of sp³-hybridized carbons (Fsp3) is 0. The molecule has 4 heteroatoms. The predicted molar refractivity (Wildman–Crippen MR) is 38.1 cm³/mol. The van der Waals surface area contributed by atoms with E-state index in [1.165, 1.54) is 0 Å². The second-order valence-corrected chi connectivity index (χ2v) is 1.86. The molecule has 0 radical (unpaired) electrons. The molecule has 0 bridgehead atoms. The molecule has 10 heavy (non-hydrogen) atoms. The van der Waals surface area contributed by atoms with E-state index in [9.17, 15) is 0 Å². The molecule has 1 aromatic rings. The van der Waals surface area contributed by atoms with Gasteiger partial charge < -0.3 is 0 Å². The lowest BCUT2D eigenvalue weighted by molar-refractivity contribution is 0.620. The molecular formula is C6H7NO2S. The van der Waals surface area contributed by atoms with Crippen molar-refractivity contribution in [3.63, 3.8) is 0 Å². The van der Waals surface area contributed by atoms with Crippen LogP contribution in [-0.2, 0) is 10.5 Å². The summed E-state index contributed by atoms with van der Waals surface area (Å²) in [5.74, 6) is 0. The molecule has 0 heterocycles. The van der Waals surface area contributed by atoms with E-state index in [2.05, 4.69) is 0 Å². The van der Waals surface area contributed by atoms with Crippen LogP contribution in [0.15, 0.2) is 36.4 Å². The summed E-state index contributed by atoms with van der Waals surface area (Å²) in [5.41, 5.74) is 0. The fourth-order valence-corrected chi connectivity index (χ4v) is 0.385. The Morgan fingerprint density at radius 1 is 0.800 bits per heavy atom. The Labute approximate surface area is 60.8 Å². The number of hydrogen-bond acceptors (Lipinski definition) is 3. The Morgan fingerprint density at radius 2 is 0.900 bits per heavy atom. The first-order valence-corrected chi connectivity index (χ1v) is 3.61. The topological polar surface area (TPSA) is 58.0 Å². The maximum atomic E-state index is 8.67. The normalized spacial score (nSPS) is 7.20. The third-order valence-electron chi connectivity index (χ3n) is 0.667. The van der Waals surface area contributed by atoms with Gasteiger partial charge in [-0.05, 0) is 0 Å². The Bertz CT molecular complexity index is 219. The van der Waals surface area contributed by atoms with Gasteiger partial charge in [0, 0.05) is 0 Å². The van der Waals surface area contributed by atoms with Crippen LogP contribution in [0.5, 0.6) is 0 Å². The SMILES string of the molecule is N=S(=O)=O.c1ccccc1. The lowest BCUT2D eigenvalue weighted by atomic mass is 10.4. The maximum Gasteiger partial charge on any atom is 0.308 e. The van der Waals surface area contributed by atoms with Crippen LogP contribution in [0.1, 0.15) is 0 Å². The first-order chi connectivity index (χ1) is 4.73. The van der Waals surface area contributed by atoms with Gasteiger partial charge >= 0.3 is 10.5 Å². The smallest absolute Gasteiger partial charge is 0.188 e. The molecule has 0 aliphatic heterocycles. The van der Waals surface area contributed by atoms with Crippen LogP contribution >= 0.6 is 0 Å². The highest BCUT2D eigenvalue weighted by Crippen LogP contribution is 1.79. The summed E-state index contributed by atoms with van der Waals surface area (Å²) in [7, 11) is -2.61. The molecule has 0 atom stereocenters. The summed E-state index contributed by atoms with van der Waals surface area (Å²) in [4.78, 5) is 0. The Kier molecular flexibility index (Phi) is 5.28. The van der Waals surface area contributed by atoms with Crippen LogP contribution < -0.4 is 0 Å². The molecule has 1 N–H and O–H groups in total. The minimum absolute atomic E-state index is 2.00. The van der Waals surface area contributed by atoms with Crippen molar-refractivity contribution in [2.45, 2.75) is 0 Å². The van der Waals surface area contributed by atoms with Crippen LogP contribution in [0.2, 0.25) is 0 Å². The predicted octanol–water partition coefficient (Wildman–Crippen LogP) is 1.31. The standard InChI is InChI=1S/C6H6.HNO2S/c1-2-4-6-5-3-1;1-4(2)3/h1-6H;1H. The van der Waals surface area contributed by atoms with Gasteiger partial charge in [-0.3, -0.25) is 0 Å². The van der Waals surface area contributed by atoms with E-state index < -0.39 is 10.5 Å². The highest BCUT2D eigenvalue weighted by molar-refractivity contribution is 7.60. The van der Waals surface area contributed by atoms with Gasteiger partial charge in [0.1, 0.15) is 0 Å². The van der Waals surface area contributed by atoms with Crippen LogP contribution in [0.25, 0.3) is 0 Å². The van der Waals surface area contributed by atoms with Gasteiger partial charge in [0.2, 0.25) is 0 Å². The monoisotopic (exact) mass is 157 g/mol. The molecule has 0 fully saturated rings. The summed E-state index contributed by atoms with van der Waals surface area (Å²) >= 11 is 0. The summed E-state index contributed by atoms with van der Waals surface area (Å²) in [6.45, 7) is 0. The van der Waals surface area contributed by atoms with Crippen molar-refractivity contribution in [3.05, 3.63) is 36.4 Å². The van der Waals surface area contributed by atoms with Gasteiger partial charge in [0.15, 0.2) is 0 Å². The minimum atomic E-state index is -2.61. The largest absolute Gasteiger partial charge is 0.308 e. The third kappa shape index (κ3) is 9.96. The second-order valence-electron chi connectivity index (χ2n) is 1.39. The van der Waals surface area contributed by atoms with E-state index in [-0.39, 0.29) is 0 Å². The molecule has 0 spiro atoms. The lowest BCUT2D eigenvalue weighted by Crippen LogP contribution is -1.47. The van der Waals surface area contributed by atoms with Crippen LogP contribution in [0.3, 0.4) is 0 Å². The van der Waals surface area contributed by atoms with Gasteiger partial charge in [-0.1, -0.05) is 36.4 Å². The quantitative estimate of drug-likeness (QED) is 0.617. The minimum Gasteiger partial charge on any atom is -0.188 e. The van der Waals surface area contributed by atoms with Crippen LogP contribution in [0.4, 0.5) is 0 Å². The highest BCUT2D eigenvalue weighted by Gasteiger charge is 1.57. The zero-order chi connectivity index (χ0) is 7.82. The van der Waals surface area contributed by atoms with Crippen molar-refractivity contribution in [1.82, 2.24) is 0 Å². The fourth-order valence-electron chi connectivity index (χ4n) is 0.385. The molecule has 3 nitrogen and oxygen atoms in total. The first kappa shape index (κ1) is 8.84. The molecule has 54 valence electrons. The zero-order valence-corrected chi connectivity index (χ0v) is 6.01. The van der Waals surface area contributed by atoms with Gasteiger partial charge in [-0.15, -0.1) is 0 Å². The van der Waals surface area contributed by atoms with Crippen molar-refractivity contribution >= 4 is 10.5 Å². The number of rotatable bonds is 0. The highest BCUT2D eigenvalue weighted by atomic mass is 32.2. The molecular weight excluding hydrogens is 150 g/mol.